The first-order valence-corrected chi connectivity index (χ1v) is 6.55. The lowest BCUT2D eigenvalue weighted by Gasteiger charge is -2.32. The van der Waals surface area contributed by atoms with E-state index in [1.807, 2.05) is 18.3 Å². The van der Waals surface area contributed by atoms with Crippen molar-refractivity contribution in [3.8, 4) is 0 Å². The molecule has 2 aromatic heterocycles. The van der Waals surface area contributed by atoms with Gasteiger partial charge in [-0.15, -0.1) is 0 Å². The van der Waals surface area contributed by atoms with Crippen molar-refractivity contribution in [1.29, 1.82) is 0 Å². The van der Waals surface area contributed by atoms with Crippen LogP contribution < -0.4 is 5.32 Å². The van der Waals surface area contributed by atoms with Crippen molar-refractivity contribution in [2.75, 3.05) is 0 Å². The molecule has 0 amide bonds. The Balaban J connectivity index is 1.65. The molecule has 1 saturated carbocycles. The van der Waals surface area contributed by atoms with Crippen molar-refractivity contribution >= 4 is 0 Å². The summed E-state index contributed by atoms with van der Waals surface area (Å²) in [6, 6.07) is 4.82. The molecule has 0 unspecified atom stereocenters. The van der Waals surface area contributed by atoms with Gasteiger partial charge < -0.3 is 9.84 Å². The van der Waals surface area contributed by atoms with E-state index in [4.69, 9.17) is 4.52 Å². The summed E-state index contributed by atoms with van der Waals surface area (Å²) in [6.45, 7) is 0.763. The van der Waals surface area contributed by atoms with Gasteiger partial charge in [0.1, 0.15) is 6.26 Å². The number of aromatic nitrogens is 3. The van der Waals surface area contributed by atoms with Crippen LogP contribution in [-0.2, 0) is 6.54 Å². The predicted octanol–water partition coefficient (Wildman–Crippen LogP) is 2.14. The maximum atomic E-state index is 4.85. The third-order valence-electron chi connectivity index (χ3n) is 3.63. The van der Waals surface area contributed by atoms with Gasteiger partial charge in [0.15, 0.2) is 0 Å². The molecular weight excluding hydrogens is 228 g/mol. The highest BCUT2D eigenvalue weighted by Crippen LogP contribution is 2.28. The zero-order valence-electron chi connectivity index (χ0n) is 10.3. The van der Waals surface area contributed by atoms with E-state index in [9.17, 15) is 0 Å². The largest absolute Gasteiger partial charge is 0.364 e. The molecule has 2 aromatic rings. The topological polar surface area (TPSA) is 55.9 Å². The average Bonchev–Trinajstić information content (AvgIpc) is 3.10. The zero-order valence-corrected chi connectivity index (χ0v) is 10.3. The van der Waals surface area contributed by atoms with E-state index in [-0.39, 0.29) is 0 Å². The van der Waals surface area contributed by atoms with E-state index in [1.54, 1.807) is 6.26 Å². The molecule has 2 heterocycles. The van der Waals surface area contributed by atoms with E-state index in [0.717, 1.165) is 12.2 Å². The monoisotopic (exact) mass is 246 g/mol. The minimum atomic E-state index is 0.459. The lowest BCUT2D eigenvalue weighted by Crippen LogP contribution is -2.39. The summed E-state index contributed by atoms with van der Waals surface area (Å²) in [5.74, 6) is 0. The second-order valence-electron chi connectivity index (χ2n) is 4.82. The molecule has 5 heteroatoms. The second kappa shape index (κ2) is 5.35. The molecule has 96 valence electrons. The molecule has 3 rings (SSSR count). The molecule has 5 nitrogen and oxygen atoms in total. The Morgan fingerprint density at radius 3 is 3.11 bits per heavy atom. The fourth-order valence-electron chi connectivity index (χ4n) is 2.71. The van der Waals surface area contributed by atoms with Crippen LogP contribution in [0.15, 0.2) is 35.3 Å². The Hall–Kier alpha value is -1.62. The van der Waals surface area contributed by atoms with E-state index >= 15 is 0 Å². The zero-order chi connectivity index (χ0) is 12.2. The minimum absolute atomic E-state index is 0.459. The van der Waals surface area contributed by atoms with Gasteiger partial charge in [0.25, 0.3) is 0 Å². The molecule has 0 spiro atoms. The van der Waals surface area contributed by atoms with Gasteiger partial charge in [-0.2, -0.15) is 5.10 Å². The lowest BCUT2D eigenvalue weighted by molar-refractivity contribution is 0.244. The van der Waals surface area contributed by atoms with Crippen LogP contribution in [0.2, 0.25) is 0 Å². The standard InChI is InChI=1S/C13H18N4O/c1-2-5-13(17-8-3-7-15-17)12(4-1)14-10-11-6-9-18-16-11/h3,6-9,12-14H,1-2,4-5,10H2/t12-,13+/m1/s1. The minimum Gasteiger partial charge on any atom is -0.364 e. The molecular formula is C13H18N4O. The number of nitrogens with zero attached hydrogens (tertiary/aromatic N) is 3. The molecule has 1 aliphatic carbocycles. The van der Waals surface area contributed by atoms with Gasteiger partial charge in [-0.05, 0) is 18.9 Å². The van der Waals surface area contributed by atoms with Crippen LogP contribution in [-0.4, -0.2) is 21.0 Å². The molecule has 0 radical (unpaired) electrons. The Morgan fingerprint density at radius 2 is 2.33 bits per heavy atom. The third kappa shape index (κ3) is 2.46. The average molecular weight is 246 g/mol. The Kier molecular flexibility index (Phi) is 3.41. The van der Waals surface area contributed by atoms with Gasteiger partial charge in [0, 0.05) is 31.0 Å². The maximum Gasteiger partial charge on any atom is 0.124 e. The molecule has 1 N–H and O–H groups in total. The summed E-state index contributed by atoms with van der Waals surface area (Å²) in [5, 5.41) is 11.9. The van der Waals surface area contributed by atoms with Crippen LogP contribution in [0.1, 0.15) is 37.4 Å². The van der Waals surface area contributed by atoms with Gasteiger partial charge in [-0.25, -0.2) is 0 Å². The summed E-state index contributed by atoms with van der Waals surface area (Å²) in [5.41, 5.74) is 0.958. The van der Waals surface area contributed by atoms with Crippen molar-refractivity contribution < 1.29 is 4.52 Å². The van der Waals surface area contributed by atoms with Crippen molar-refractivity contribution in [2.45, 2.75) is 44.3 Å². The normalized spacial score (nSPS) is 24.2. The van der Waals surface area contributed by atoms with Gasteiger partial charge in [-0.1, -0.05) is 18.0 Å². The van der Waals surface area contributed by atoms with Crippen LogP contribution >= 0.6 is 0 Å². The first-order valence-electron chi connectivity index (χ1n) is 6.55. The maximum absolute atomic E-state index is 4.85. The highest BCUT2D eigenvalue weighted by atomic mass is 16.5. The molecule has 0 aromatic carbocycles. The molecule has 0 bridgehead atoms. The molecule has 18 heavy (non-hydrogen) atoms. The van der Waals surface area contributed by atoms with Gasteiger partial charge >= 0.3 is 0 Å². The van der Waals surface area contributed by atoms with Crippen LogP contribution in [0.5, 0.6) is 0 Å². The van der Waals surface area contributed by atoms with Crippen molar-refractivity contribution in [3.63, 3.8) is 0 Å². The molecule has 0 saturated heterocycles. The fourth-order valence-corrected chi connectivity index (χ4v) is 2.71. The predicted molar refractivity (Wildman–Crippen MR) is 66.9 cm³/mol. The van der Waals surface area contributed by atoms with Crippen molar-refractivity contribution in [2.24, 2.45) is 0 Å². The lowest BCUT2D eigenvalue weighted by atomic mass is 9.90. The summed E-state index contributed by atoms with van der Waals surface area (Å²) < 4.78 is 6.93. The quantitative estimate of drug-likeness (QED) is 0.898. The van der Waals surface area contributed by atoms with Crippen molar-refractivity contribution in [3.05, 3.63) is 36.5 Å². The van der Waals surface area contributed by atoms with Gasteiger partial charge in [0.2, 0.25) is 0 Å². The van der Waals surface area contributed by atoms with Crippen LogP contribution in [0.4, 0.5) is 0 Å². The van der Waals surface area contributed by atoms with E-state index in [2.05, 4.69) is 26.5 Å². The SMILES string of the molecule is c1cnn([C@H]2CCCC[C@H]2NCc2ccon2)c1. The number of nitrogens with one attached hydrogen (secondary N) is 1. The highest BCUT2D eigenvalue weighted by Gasteiger charge is 2.26. The Morgan fingerprint density at radius 1 is 1.39 bits per heavy atom. The number of hydrogen-bond acceptors (Lipinski definition) is 4. The smallest absolute Gasteiger partial charge is 0.124 e. The summed E-state index contributed by atoms with van der Waals surface area (Å²) in [7, 11) is 0. The Bertz CT molecular complexity index is 451. The van der Waals surface area contributed by atoms with Gasteiger partial charge in [-0.3, -0.25) is 4.68 Å². The van der Waals surface area contributed by atoms with E-state index in [1.165, 1.54) is 25.7 Å². The molecule has 1 aliphatic rings. The van der Waals surface area contributed by atoms with Crippen LogP contribution in [0.25, 0.3) is 0 Å². The summed E-state index contributed by atoms with van der Waals surface area (Å²) in [6.07, 6.45) is 10.5. The van der Waals surface area contributed by atoms with E-state index in [0.29, 0.717) is 12.1 Å². The highest BCUT2D eigenvalue weighted by molar-refractivity contribution is 4.96. The van der Waals surface area contributed by atoms with Gasteiger partial charge in [0.05, 0.1) is 11.7 Å². The van der Waals surface area contributed by atoms with Crippen LogP contribution in [0.3, 0.4) is 0 Å². The second-order valence-corrected chi connectivity index (χ2v) is 4.82. The number of hydrogen-bond donors (Lipinski definition) is 1. The Labute approximate surface area is 106 Å². The van der Waals surface area contributed by atoms with Crippen LogP contribution in [0, 0.1) is 0 Å². The summed E-state index contributed by atoms with van der Waals surface area (Å²) in [4.78, 5) is 0. The first kappa shape index (κ1) is 11.5. The molecule has 2 atom stereocenters. The van der Waals surface area contributed by atoms with E-state index < -0.39 is 0 Å². The third-order valence-corrected chi connectivity index (χ3v) is 3.63. The number of rotatable bonds is 4. The summed E-state index contributed by atoms with van der Waals surface area (Å²) >= 11 is 0. The molecule has 0 aliphatic heterocycles. The van der Waals surface area contributed by atoms with Crippen molar-refractivity contribution in [1.82, 2.24) is 20.3 Å². The molecule has 1 fully saturated rings. The fraction of sp³-hybridized carbons (Fsp3) is 0.538. The first-order chi connectivity index (χ1) is 8.93.